The second-order valence-corrected chi connectivity index (χ2v) is 10.4. The number of rotatable bonds is 7. The zero-order chi connectivity index (χ0) is 27.3. The highest BCUT2D eigenvalue weighted by atomic mass is 15.2. The first kappa shape index (κ1) is 25.5. The predicted molar refractivity (Wildman–Crippen MR) is 171 cm³/mol. The van der Waals surface area contributed by atoms with E-state index < -0.39 is 0 Å². The maximum Gasteiger partial charge on any atom is 0.0559 e. The van der Waals surface area contributed by atoms with Gasteiger partial charge < -0.3 is 9.80 Å². The molecule has 0 radical (unpaired) electrons. The normalized spacial score (nSPS) is 14.2. The number of anilines is 5. The summed E-state index contributed by atoms with van der Waals surface area (Å²) in [5.74, 6) is 0. The molecular weight excluding hydrogens is 484 g/mol. The van der Waals surface area contributed by atoms with E-state index in [2.05, 4.69) is 175 Å². The molecule has 0 aromatic heterocycles. The third kappa shape index (κ3) is 5.48. The lowest BCUT2D eigenvalue weighted by Gasteiger charge is -2.32. The van der Waals surface area contributed by atoms with Crippen LogP contribution in [0.25, 0.3) is 11.1 Å². The van der Waals surface area contributed by atoms with Gasteiger partial charge in [0.2, 0.25) is 0 Å². The van der Waals surface area contributed by atoms with Crippen molar-refractivity contribution in [1.82, 2.24) is 0 Å². The largest absolute Gasteiger partial charge is 0.334 e. The third-order valence-corrected chi connectivity index (χ3v) is 7.51. The zero-order valence-corrected chi connectivity index (χ0v) is 23.1. The highest BCUT2D eigenvalue weighted by Crippen LogP contribution is 2.37. The summed E-state index contributed by atoms with van der Waals surface area (Å²) in [6.45, 7) is 4.26. The Balaban J connectivity index is 1.29. The molecule has 0 N–H and O–H groups in total. The fourth-order valence-electron chi connectivity index (χ4n) is 5.33. The molecule has 0 saturated carbocycles. The highest BCUT2D eigenvalue weighted by Gasteiger charge is 2.19. The van der Waals surface area contributed by atoms with E-state index >= 15 is 0 Å². The summed E-state index contributed by atoms with van der Waals surface area (Å²) in [6.07, 6.45) is 9.82. The second kappa shape index (κ2) is 11.5. The Labute approximate surface area is 238 Å². The molecule has 1 unspecified atom stereocenters. The molecule has 0 heterocycles. The molecule has 0 spiro atoms. The molecule has 1 aliphatic rings. The molecule has 0 amide bonds. The Hall–Kier alpha value is -4.82. The Morgan fingerprint density at radius 1 is 0.475 bits per heavy atom. The summed E-state index contributed by atoms with van der Waals surface area (Å²) in [4.78, 5) is 4.74. The molecule has 2 heteroatoms. The van der Waals surface area contributed by atoms with Crippen LogP contribution < -0.4 is 9.80 Å². The molecule has 2 nitrogen and oxygen atoms in total. The molecule has 5 aromatic rings. The number of para-hydroxylation sites is 1. The van der Waals surface area contributed by atoms with Gasteiger partial charge in [0.15, 0.2) is 0 Å². The molecule has 0 fully saturated rings. The van der Waals surface area contributed by atoms with Gasteiger partial charge in [-0.25, -0.2) is 0 Å². The van der Waals surface area contributed by atoms with Crippen LogP contribution in [0.3, 0.4) is 0 Å². The first-order chi connectivity index (χ1) is 19.7. The summed E-state index contributed by atoms with van der Waals surface area (Å²) in [6, 6.07) is 46.2. The highest BCUT2D eigenvalue weighted by molar-refractivity contribution is 5.79. The fourth-order valence-corrected chi connectivity index (χ4v) is 5.33. The molecule has 1 aliphatic carbocycles. The van der Waals surface area contributed by atoms with Crippen LogP contribution in [0.2, 0.25) is 0 Å². The number of hydrogen-bond acceptors (Lipinski definition) is 2. The van der Waals surface area contributed by atoms with E-state index in [4.69, 9.17) is 0 Å². The lowest BCUT2D eigenvalue weighted by molar-refractivity contribution is 0.785. The lowest BCUT2D eigenvalue weighted by Crippen LogP contribution is -2.29. The monoisotopic (exact) mass is 518 g/mol. The van der Waals surface area contributed by atoms with Crippen LogP contribution in [0.1, 0.15) is 17.5 Å². The van der Waals surface area contributed by atoms with Gasteiger partial charge in [-0.2, -0.15) is 0 Å². The molecule has 40 heavy (non-hydrogen) atoms. The van der Waals surface area contributed by atoms with Gasteiger partial charge in [-0.05, 0) is 92.1 Å². The summed E-state index contributed by atoms with van der Waals surface area (Å²) in [5, 5.41) is 0. The van der Waals surface area contributed by atoms with Crippen LogP contribution in [-0.4, -0.2) is 6.04 Å². The van der Waals surface area contributed by atoms with Gasteiger partial charge in [-0.3, -0.25) is 0 Å². The van der Waals surface area contributed by atoms with Gasteiger partial charge in [0.25, 0.3) is 0 Å². The van der Waals surface area contributed by atoms with E-state index in [1.807, 2.05) is 0 Å². The molecule has 1 atom stereocenters. The van der Waals surface area contributed by atoms with Crippen LogP contribution in [0, 0.1) is 13.8 Å². The van der Waals surface area contributed by atoms with E-state index in [1.165, 1.54) is 33.6 Å². The summed E-state index contributed by atoms with van der Waals surface area (Å²) in [7, 11) is 0. The van der Waals surface area contributed by atoms with Gasteiger partial charge in [0.05, 0.1) is 6.04 Å². The van der Waals surface area contributed by atoms with E-state index in [9.17, 15) is 0 Å². The number of hydrogen-bond donors (Lipinski definition) is 0. The van der Waals surface area contributed by atoms with Crippen molar-refractivity contribution in [3.8, 4) is 11.1 Å². The van der Waals surface area contributed by atoms with Crippen molar-refractivity contribution in [1.29, 1.82) is 0 Å². The fraction of sp³-hybridized carbons (Fsp3) is 0.105. The Morgan fingerprint density at radius 3 is 1.43 bits per heavy atom. The lowest BCUT2D eigenvalue weighted by atomic mass is 10.0. The van der Waals surface area contributed by atoms with Crippen LogP contribution in [0.15, 0.2) is 152 Å². The Kier molecular flexibility index (Phi) is 7.32. The summed E-state index contributed by atoms with van der Waals surface area (Å²) in [5.41, 5.74) is 10.8. The SMILES string of the molecule is Cc1ccc(N(c2ccccc2)c2ccc(-c3ccc(N(c4ccc(C)cc4)C4C=CC=CC4)cc3)cc2)cc1. The minimum absolute atomic E-state index is 0.295. The van der Waals surface area contributed by atoms with Crippen molar-refractivity contribution < 1.29 is 0 Å². The minimum atomic E-state index is 0.295. The van der Waals surface area contributed by atoms with Gasteiger partial charge >= 0.3 is 0 Å². The van der Waals surface area contributed by atoms with Crippen LogP contribution in [-0.2, 0) is 0 Å². The standard InChI is InChI=1S/C38H34N2/c1-29-13-21-35(22-14-29)39(33-9-5-3-6-10-33)37-25-17-31(18-26-37)32-19-27-38(28-20-32)40(34-11-7-4-8-12-34)36-23-15-30(2)16-24-36/h3-11,13-28,34H,12H2,1-2H3. The van der Waals surface area contributed by atoms with Crippen LogP contribution >= 0.6 is 0 Å². The second-order valence-electron chi connectivity index (χ2n) is 10.4. The predicted octanol–water partition coefficient (Wildman–Crippen LogP) is 10.5. The summed E-state index contributed by atoms with van der Waals surface area (Å²) < 4.78 is 0. The van der Waals surface area contributed by atoms with E-state index in [1.54, 1.807) is 0 Å². The smallest absolute Gasteiger partial charge is 0.0559 e. The summed E-state index contributed by atoms with van der Waals surface area (Å²) >= 11 is 0. The Morgan fingerprint density at radius 2 is 0.925 bits per heavy atom. The van der Waals surface area contributed by atoms with Gasteiger partial charge in [0, 0.05) is 28.4 Å². The van der Waals surface area contributed by atoms with Crippen molar-refractivity contribution in [3.05, 3.63) is 163 Å². The van der Waals surface area contributed by atoms with Crippen molar-refractivity contribution in [2.24, 2.45) is 0 Å². The molecule has 0 bridgehead atoms. The van der Waals surface area contributed by atoms with E-state index in [0.29, 0.717) is 6.04 Å². The first-order valence-corrected chi connectivity index (χ1v) is 14.0. The van der Waals surface area contributed by atoms with E-state index in [-0.39, 0.29) is 0 Å². The maximum absolute atomic E-state index is 2.44. The van der Waals surface area contributed by atoms with Crippen LogP contribution in [0.4, 0.5) is 28.4 Å². The van der Waals surface area contributed by atoms with Crippen LogP contribution in [0.5, 0.6) is 0 Å². The Bertz CT molecular complexity index is 1600. The van der Waals surface area contributed by atoms with E-state index in [0.717, 1.165) is 23.5 Å². The number of aryl methyl sites for hydroxylation is 2. The molecule has 5 aromatic carbocycles. The number of nitrogens with zero attached hydrogens (tertiary/aromatic N) is 2. The first-order valence-electron chi connectivity index (χ1n) is 14.0. The number of allylic oxidation sites excluding steroid dienone is 2. The quantitative estimate of drug-likeness (QED) is 0.211. The molecule has 6 rings (SSSR count). The molecule has 0 aliphatic heterocycles. The minimum Gasteiger partial charge on any atom is -0.334 e. The van der Waals surface area contributed by atoms with Gasteiger partial charge in [-0.1, -0.05) is 102 Å². The van der Waals surface area contributed by atoms with Crippen molar-refractivity contribution >= 4 is 28.4 Å². The third-order valence-electron chi connectivity index (χ3n) is 7.51. The maximum atomic E-state index is 2.44. The van der Waals surface area contributed by atoms with Crippen molar-refractivity contribution in [2.75, 3.05) is 9.80 Å². The zero-order valence-electron chi connectivity index (χ0n) is 23.1. The topological polar surface area (TPSA) is 6.48 Å². The molecular formula is C38H34N2. The average Bonchev–Trinajstić information content (AvgIpc) is 3.01. The number of benzene rings is 5. The van der Waals surface area contributed by atoms with Gasteiger partial charge in [0.1, 0.15) is 0 Å². The van der Waals surface area contributed by atoms with Crippen molar-refractivity contribution in [3.63, 3.8) is 0 Å². The van der Waals surface area contributed by atoms with Crippen molar-refractivity contribution in [2.45, 2.75) is 26.3 Å². The molecule has 196 valence electrons. The van der Waals surface area contributed by atoms with Gasteiger partial charge in [-0.15, -0.1) is 0 Å². The average molecular weight is 519 g/mol. The molecule has 0 saturated heterocycles.